The molecule has 0 saturated heterocycles. The summed E-state index contributed by atoms with van der Waals surface area (Å²) in [6, 6.07) is 13.2. The van der Waals surface area contributed by atoms with Gasteiger partial charge in [0.1, 0.15) is 5.82 Å². The molecular weight excluding hydrogens is 240 g/mol. The number of carboxylic acids is 1. The first-order valence-electron chi connectivity index (χ1n) is 5.95. The van der Waals surface area contributed by atoms with E-state index in [1.807, 2.05) is 53.9 Å². The predicted octanol–water partition coefficient (Wildman–Crippen LogP) is 3.01. The maximum absolute atomic E-state index is 11.3. The fourth-order valence-corrected chi connectivity index (χ4v) is 2.21. The molecule has 0 saturated carbocycles. The Balaban J connectivity index is 2.37. The smallest absolute Gasteiger partial charge is 0.356 e. The second kappa shape index (κ2) is 4.24. The molecule has 0 spiro atoms. The van der Waals surface area contributed by atoms with Crippen LogP contribution >= 0.6 is 0 Å². The number of aromatic carboxylic acids is 1. The lowest BCUT2D eigenvalue weighted by Gasteiger charge is -2.04. The van der Waals surface area contributed by atoms with Crippen LogP contribution in [0, 0.1) is 6.92 Å². The van der Waals surface area contributed by atoms with Gasteiger partial charge in [-0.05, 0) is 24.6 Å². The minimum absolute atomic E-state index is 0.0823. The molecule has 1 aromatic carbocycles. The van der Waals surface area contributed by atoms with Gasteiger partial charge < -0.3 is 5.11 Å². The zero-order valence-electron chi connectivity index (χ0n) is 10.4. The highest BCUT2D eigenvalue weighted by Crippen LogP contribution is 2.25. The topological polar surface area (TPSA) is 54.6 Å². The number of aromatic nitrogens is 2. The number of nitrogens with zero attached hydrogens (tertiary/aromatic N) is 2. The Kier molecular flexibility index (Phi) is 2.56. The van der Waals surface area contributed by atoms with E-state index < -0.39 is 5.97 Å². The third-order valence-electron chi connectivity index (χ3n) is 3.14. The summed E-state index contributed by atoms with van der Waals surface area (Å²) in [6.07, 6.45) is 1.83. The molecule has 0 unspecified atom stereocenters. The standard InChI is InChI=1S/C15H12N2O2/c1-10-6-2-3-7-11(10)14-16-13(15(18)19)12-8-4-5-9-17(12)14/h2-9H,1H3,(H,18,19). The molecule has 2 aromatic heterocycles. The number of carboxylic acid groups (broad SMARTS) is 1. The minimum Gasteiger partial charge on any atom is -0.476 e. The molecular formula is C15H12N2O2. The molecule has 19 heavy (non-hydrogen) atoms. The monoisotopic (exact) mass is 252 g/mol. The van der Waals surface area contributed by atoms with Crippen molar-refractivity contribution in [3.05, 3.63) is 59.9 Å². The molecule has 4 nitrogen and oxygen atoms in total. The fraction of sp³-hybridized carbons (Fsp3) is 0.0667. The second-order valence-corrected chi connectivity index (χ2v) is 4.36. The third-order valence-corrected chi connectivity index (χ3v) is 3.14. The number of hydrogen-bond acceptors (Lipinski definition) is 2. The molecule has 1 N–H and O–H groups in total. The highest BCUT2D eigenvalue weighted by Gasteiger charge is 2.17. The van der Waals surface area contributed by atoms with E-state index in [9.17, 15) is 9.90 Å². The highest BCUT2D eigenvalue weighted by molar-refractivity contribution is 5.95. The van der Waals surface area contributed by atoms with Crippen LogP contribution in [0.25, 0.3) is 16.9 Å². The van der Waals surface area contributed by atoms with E-state index in [1.165, 1.54) is 0 Å². The van der Waals surface area contributed by atoms with Crippen molar-refractivity contribution in [2.24, 2.45) is 0 Å². The van der Waals surface area contributed by atoms with Gasteiger partial charge in [0.05, 0.1) is 5.52 Å². The van der Waals surface area contributed by atoms with E-state index in [0.717, 1.165) is 11.1 Å². The Morgan fingerprint density at radius 1 is 1.16 bits per heavy atom. The molecule has 0 aliphatic carbocycles. The number of imidazole rings is 1. The van der Waals surface area contributed by atoms with Gasteiger partial charge in [-0.25, -0.2) is 9.78 Å². The van der Waals surface area contributed by atoms with Crippen LogP contribution in [-0.4, -0.2) is 20.5 Å². The Morgan fingerprint density at radius 3 is 2.63 bits per heavy atom. The molecule has 0 aliphatic heterocycles. The SMILES string of the molecule is Cc1ccccc1-c1nc(C(=O)O)c2ccccn12. The van der Waals surface area contributed by atoms with E-state index in [2.05, 4.69) is 4.98 Å². The Labute approximate surface area is 110 Å². The van der Waals surface area contributed by atoms with Crippen LogP contribution in [0.4, 0.5) is 0 Å². The molecule has 2 heterocycles. The molecule has 3 rings (SSSR count). The van der Waals surface area contributed by atoms with Gasteiger partial charge in [0, 0.05) is 11.8 Å². The van der Waals surface area contributed by atoms with Crippen LogP contribution in [0.2, 0.25) is 0 Å². The number of rotatable bonds is 2. The summed E-state index contributed by atoms with van der Waals surface area (Å²) in [5.41, 5.74) is 2.69. The number of aryl methyl sites for hydroxylation is 1. The minimum atomic E-state index is -1.01. The summed E-state index contributed by atoms with van der Waals surface area (Å²) in [6.45, 7) is 1.99. The highest BCUT2D eigenvalue weighted by atomic mass is 16.4. The third kappa shape index (κ3) is 1.78. The molecule has 0 atom stereocenters. The lowest BCUT2D eigenvalue weighted by Crippen LogP contribution is -1.97. The van der Waals surface area contributed by atoms with Crippen molar-refractivity contribution in [2.75, 3.05) is 0 Å². The van der Waals surface area contributed by atoms with Gasteiger partial charge in [-0.15, -0.1) is 0 Å². The maximum Gasteiger partial charge on any atom is 0.356 e. The number of pyridine rings is 1. The average Bonchev–Trinajstić information content (AvgIpc) is 2.79. The first kappa shape index (κ1) is 11.5. The van der Waals surface area contributed by atoms with Gasteiger partial charge in [-0.1, -0.05) is 30.3 Å². The van der Waals surface area contributed by atoms with Crippen LogP contribution < -0.4 is 0 Å². The van der Waals surface area contributed by atoms with Gasteiger partial charge in [0.15, 0.2) is 5.69 Å². The molecule has 0 amide bonds. The van der Waals surface area contributed by atoms with Crippen LogP contribution in [0.3, 0.4) is 0 Å². The predicted molar refractivity (Wildman–Crippen MR) is 72.3 cm³/mol. The molecule has 4 heteroatoms. The summed E-state index contributed by atoms with van der Waals surface area (Å²) in [4.78, 5) is 15.6. The van der Waals surface area contributed by atoms with E-state index in [-0.39, 0.29) is 5.69 Å². The van der Waals surface area contributed by atoms with Gasteiger partial charge in [-0.2, -0.15) is 0 Å². The van der Waals surface area contributed by atoms with Crippen molar-refractivity contribution in [1.82, 2.24) is 9.38 Å². The second-order valence-electron chi connectivity index (χ2n) is 4.36. The van der Waals surface area contributed by atoms with Gasteiger partial charge in [0.2, 0.25) is 0 Å². The van der Waals surface area contributed by atoms with Crippen LogP contribution in [0.5, 0.6) is 0 Å². The number of carbonyl (C=O) groups is 1. The fourth-order valence-electron chi connectivity index (χ4n) is 2.21. The lowest BCUT2D eigenvalue weighted by atomic mass is 10.1. The summed E-state index contributed by atoms with van der Waals surface area (Å²) in [7, 11) is 0. The van der Waals surface area contributed by atoms with Crippen molar-refractivity contribution in [1.29, 1.82) is 0 Å². The van der Waals surface area contributed by atoms with Crippen LogP contribution in [0.1, 0.15) is 16.1 Å². The van der Waals surface area contributed by atoms with E-state index in [4.69, 9.17) is 0 Å². The summed E-state index contributed by atoms with van der Waals surface area (Å²) in [5, 5.41) is 9.24. The van der Waals surface area contributed by atoms with E-state index in [0.29, 0.717) is 11.3 Å². The summed E-state index contributed by atoms with van der Waals surface area (Å²) < 4.78 is 1.81. The first-order chi connectivity index (χ1) is 9.18. The molecule has 0 fully saturated rings. The van der Waals surface area contributed by atoms with Crippen LogP contribution in [-0.2, 0) is 0 Å². The van der Waals surface area contributed by atoms with E-state index >= 15 is 0 Å². The number of fused-ring (bicyclic) bond motifs is 1. The molecule has 94 valence electrons. The van der Waals surface area contributed by atoms with Crippen molar-refractivity contribution in [3.8, 4) is 11.4 Å². The summed E-state index contributed by atoms with van der Waals surface area (Å²) >= 11 is 0. The van der Waals surface area contributed by atoms with Gasteiger partial charge in [0.25, 0.3) is 0 Å². The van der Waals surface area contributed by atoms with Crippen molar-refractivity contribution >= 4 is 11.5 Å². The quantitative estimate of drug-likeness (QED) is 0.762. The normalized spacial score (nSPS) is 10.8. The van der Waals surface area contributed by atoms with Crippen molar-refractivity contribution in [3.63, 3.8) is 0 Å². The maximum atomic E-state index is 11.3. The first-order valence-corrected chi connectivity index (χ1v) is 5.95. The molecule has 3 aromatic rings. The Morgan fingerprint density at radius 2 is 1.89 bits per heavy atom. The molecule has 0 aliphatic rings. The van der Waals surface area contributed by atoms with Gasteiger partial charge >= 0.3 is 5.97 Å². The van der Waals surface area contributed by atoms with Crippen molar-refractivity contribution in [2.45, 2.75) is 6.92 Å². The summed E-state index contributed by atoms with van der Waals surface area (Å²) in [5.74, 6) is -0.352. The Bertz CT molecular complexity index is 775. The van der Waals surface area contributed by atoms with Crippen molar-refractivity contribution < 1.29 is 9.90 Å². The van der Waals surface area contributed by atoms with E-state index in [1.54, 1.807) is 6.07 Å². The zero-order chi connectivity index (χ0) is 13.4. The number of hydrogen-bond donors (Lipinski definition) is 1. The van der Waals surface area contributed by atoms with Gasteiger partial charge in [-0.3, -0.25) is 4.40 Å². The number of benzene rings is 1. The molecule has 0 radical (unpaired) electrons. The largest absolute Gasteiger partial charge is 0.476 e. The molecule has 0 bridgehead atoms. The van der Waals surface area contributed by atoms with Crippen LogP contribution in [0.15, 0.2) is 48.7 Å². The lowest BCUT2D eigenvalue weighted by molar-refractivity contribution is 0.0693. The average molecular weight is 252 g/mol. The Hall–Kier alpha value is -2.62. The zero-order valence-corrected chi connectivity index (χ0v) is 10.4.